The van der Waals surface area contributed by atoms with Crippen molar-refractivity contribution in [1.29, 1.82) is 0 Å². The van der Waals surface area contributed by atoms with E-state index in [0.717, 1.165) is 28.0 Å². The van der Waals surface area contributed by atoms with Gasteiger partial charge in [-0.3, -0.25) is 4.79 Å². The molecule has 0 saturated heterocycles. The molecule has 0 fully saturated rings. The summed E-state index contributed by atoms with van der Waals surface area (Å²) in [5.74, 6) is -0.141. The second-order valence-corrected chi connectivity index (χ2v) is 6.20. The number of fused-ring (bicyclic) bond motifs is 1. The number of nitrogens with one attached hydrogen (secondary N) is 1. The van der Waals surface area contributed by atoms with Gasteiger partial charge >= 0.3 is 0 Å². The molecule has 5 nitrogen and oxygen atoms in total. The zero-order valence-corrected chi connectivity index (χ0v) is 14.6. The number of hydrogen-bond acceptors (Lipinski definition) is 3. The predicted molar refractivity (Wildman–Crippen MR) is 103 cm³/mol. The molecule has 0 bridgehead atoms. The highest BCUT2D eigenvalue weighted by Gasteiger charge is 2.13. The molecule has 2 heterocycles. The number of rotatable bonds is 3. The topological polar surface area (TPSA) is 59.8 Å². The lowest BCUT2D eigenvalue weighted by Crippen LogP contribution is -2.13. The van der Waals surface area contributed by atoms with Crippen LogP contribution in [0.4, 0.5) is 5.69 Å². The summed E-state index contributed by atoms with van der Waals surface area (Å²) in [5.41, 5.74) is 4.83. The second-order valence-electron chi connectivity index (χ2n) is 6.20. The van der Waals surface area contributed by atoms with E-state index in [0.29, 0.717) is 11.3 Å². The molecule has 4 rings (SSSR count). The minimum absolute atomic E-state index is 0.141. The van der Waals surface area contributed by atoms with Gasteiger partial charge in [0.15, 0.2) is 5.65 Å². The minimum Gasteiger partial charge on any atom is -0.321 e. The number of aryl methyl sites for hydroxylation is 2. The van der Waals surface area contributed by atoms with Gasteiger partial charge in [-0.15, -0.1) is 0 Å². The van der Waals surface area contributed by atoms with Gasteiger partial charge in [0, 0.05) is 10.9 Å². The number of carbonyl (C=O) groups excluding carboxylic acids is 1. The number of amides is 1. The Balaban J connectivity index is 1.70. The standard InChI is InChI=1S/C21H18N4O/c1-14-8-6-7-11-18(14)21(26)23-16-12-19-15(2)24-25(20(19)22-13-16)17-9-4-3-5-10-17/h3-13H,1-2H3,(H,23,26). The van der Waals surface area contributed by atoms with Gasteiger partial charge < -0.3 is 5.32 Å². The molecule has 0 spiro atoms. The molecule has 0 aliphatic heterocycles. The summed E-state index contributed by atoms with van der Waals surface area (Å²) < 4.78 is 1.82. The first-order valence-electron chi connectivity index (χ1n) is 8.41. The van der Waals surface area contributed by atoms with Crippen molar-refractivity contribution in [2.45, 2.75) is 13.8 Å². The van der Waals surface area contributed by atoms with E-state index in [2.05, 4.69) is 15.4 Å². The zero-order valence-electron chi connectivity index (χ0n) is 14.6. The third-order valence-corrected chi connectivity index (χ3v) is 4.36. The number of anilines is 1. The third kappa shape index (κ3) is 2.84. The number of pyridine rings is 1. The molecule has 5 heteroatoms. The fraction of sp³-hybridized carbons (Fsp3) is 0.0952. The fourth-order valence-corrected chi connectivity index (χ4v) is 2.99. The zero-order chi connectivity index (χ0) is 18.1. The molecule has 2 aromatic heterocycles. The van der Waals surface area contributed by atoms with Gasteiger partial charge in [-0.1, -0.05) is 36.4 Å². The first-order chi connectivity index (χ1) is 12.6. The lowest BCUT2D eigenvalue weighted by molar-refractivity contribution is 0.102. The summed E-state index contributed by atoms with van der Waals surface area (Å²) in [7, 11) is 0. The van der Waals surface area contributed by atoms with Crippen LogP contribution in [0.5, 0.6) is 0 Å². The Morgan fingerprint density at radius 1 is 1.00 bits per heavy atom. The number of benzene rings is 2. The second kappa shape index (κ2) is 6.44. The molecule has 2 aromatic carbocycles. The number of carbonyl (C=O) groups is 1. The van der Waals surface area contributed by atoms with Gasteiger partial charge in [-0.2, -0.15) is 5.10 Å². The molecule has 4 aromatic rings. The number of aromatic nitrogens is 3. The molecular weight excluding hydrogens is 324 g/mol. The van der Waals surface area contributed by atoms with Gasteiger partial charge in [-0.25, -0.2) is 9.67 Å². The number of para-hydroxylation sites is 1. The third-order valence-electron chi connectivity index (χ3n) is 4.36. The quantitative estimate of drug-likeness (QED) is 0.604. The van der Waals surface area contributed by atoms with E-state index in [1.54, 1.807) is 6.20 Å². The minimum atomic E-state index is -0.141. The van der Waals surface area contributed by atoms with E-state index in [4.69, 9.17) is 0 Å². The predicted octanol–water partition coefficient (Wildman–Crippen LogP) is 4.29. The Morgan fingerprint density at radius 2 is 1.73 bits per heavy atom. The maximum Gasteiger partial charge on any atom is 0.255 e. The highest BCUT2D eigenvalue weighted by Crippen LogP contribution is 2.23. The molecule has 1 N–H and O–H groups in total. The van der Waals surface area contributed by atoms with E-state index in [1.165, 1.54) is 0 Å². The van der Waals surface area contributed by atoms with Crippen molar-refractivity contribution in [2.75, 3.05) is 5.32 Å². The lowest BCUT2D eigenvalue weighted by atomic mass is 10.1. The van der Waals surface area contributed by atoms with Crippen molar-refractivity contribution < 1.29 is 4.79 Å². The Labute approximate surface area is 151 Å². The normalized spacial score (nSPS) is 10.8. The highest BCUT2D eigenvalue weighted by atomic mass is 16.1. The Bertz CT molecular complexity index is 1100. The van der Waals surface area contributed by atoms with Crippen LogP contribution in [0.1, 0.15) is 21.6 Å². The van der Waals surface area contributed by atoms with E-state index in [9.17, 15) is 4.79 Å². The Kier molecular flexibility index (Phi) is 3.97. The van der Waals surface area contributed by atoms with Crippen molar-refractivity contribution in [3.63, 3.8) is 0 Å². The highest BCUT2D eigenvalue weighted by molar-refractivity contribution is 6.05. The number of hydrogen-bond donors (Lipinski definition) is 1. The van der Waals surface area contributed by atoms with Crippen LogP contribution in [0.2, 0.25) is 0 Å². The van der Waals surface area contributed by atoms with Gasteiger partial charge in [0.2, 0.25) is 0 Å². The summed E-state index contributed by atoms with van der Waals surface area (Å²) in [4.78, 5) is 17.1. The van der Waals surface area contributed by atoms with E-state index < -0.39 is 0 Å². The Hall–Kier alpha value is -3.47. The molecule has 0 radical (unpaired) electrons. The maximum absolute atomic E-state index is 12.5. The van der Waals surface area contributed by atoms with Crippen LogP contribution in [0.3, 0.4) is 0 Å². The average molecular weight is 342 g/mol. The van der Waals surface area contributed by atoms with Gasteiger partial charge in [0.25, 0.3) is 5.91 Å². The maximum atomic E-state index is 12.5. The summed E-state index contributed by atoms with van der Waals surface area (Å²) in [5, 5.41) is 8.44. The van der Waals surface area contributed by atoms with Crippen LogP contribution in [0, 0.1) is 13.8 Å². The van der Waals surface area contributed by atoms with Crippen molar-refractivity contribution in [2.24, 2.45) is 0 Å². The summed E-state index contributed by atoms with van der Waals surface area (Å²) >= 11 is 0. The lowest BCUT2D eigenvalue weighted by Gasteiger charge is -2.08. The van der Waals surface area contributed by atoms with Crippen LogP contribution in [-0.4, -0.2) is 20.7 Å². The SMILES string of the molecule is Cc1ccccc1C(=O)Nc1cnc2c(c1)c(C)nn2-c1ccccc1. The number of nitrogens with zero attached hydrogens (tertiary/aromatic N) is 3. The van der Waals surface area contributed by atoms with Gasteiger partial charge in [0.1, 0.15) is 0 Å². The van der Waals surface area contributed by atoms with E-state index in [-0.39, 0.29) is 5.91 Å². The van der Waals surface area contributed by atoms with Crippen molar-refractivity contribution in [1.82, 2.24) is 14.8 Å². The van der Waals surface area contributed by atoms with Gasteiger partial charge in [-0.05, 0) is 43.7 Å². The molecule has 1 amide bonds. The fourth-order valence-electron chi connectivity index (χ4n) is 2.99. The molecule has 0 unspecified atom stereocenters. The molecule has 26 heavy (non-hydrogen) atoms. The Morgan fingerprint density at radius 3 is 2.50 bits per heavy atom. The molecule has 0 aliphatic rings. The summed E-state index contributed by atoms with van der Waals surface area (Å²) in [6, 6.07) is 19.3. The first kappa shape index (κ1) is 16.0. The van der Waals surface area contributed by atoms with Gasteiger partial charge in [0.05, 0.1) is 23.3 Å². The molecular formula is C21H18N4O. The van der Waals surface area contributed by atoms with Crippen LogP contribution < -0.4 is 5.32 Å². The average Bonchev–Trinajstić information content (AvgIpc) is 2.99. The van der Waals surface area contributed by atoms with Crippen LogP contribution in [-0.2, 0) is 0 Å². The largest absolute Gasteiger partial charge is 0.321 e. The van der Waals surface area contributed by atoms with Crippen molar-refractivity contribution >= 4 is 22.6 Å². The first-order valence-corrected chi connectivity index (χ1v) is 8.41. The molecule has 0 aliphatic carbocycles. The monoisotopic (exact) mass is 342 g/mol. The van der Waals surface area contributed by atoms with E-state index >= 15 is 0 Å². The van der Waals surface area contributed by atoms with Crippen LogP contribution in [0.15, 0.2) is 66.9 Å². The van der Waals surface area contributed by atoms with Crippen molar-refractivity contribution in [3.05, 3.63) is 83.7 Å². The van der Waals surface area contributed by atoms with Crippen LogP contribution in [0.25, 0.3) is 16.7 Å². The van der Waals surface area contributed by atoms with E-state index in [1.807, 2.05) is 79.2 Å². The molecule has 128 valence electrons. The van der Waals surface area contributed by atoms with Crippen molar-refractivity contribution in [3.8, 4) is 5.69 Å². The summed E-state index contributed by atoms with van der Waals surface area (Å²) in [6.07, 6.45) is 1.67. The molecule has 0 saturated carbocycles. The summed E-state index contributed by atoms with van der Waals surface area (Å²) in [6.45, 7) is 3.86. The smallest absolute Gasteiger partial charge is 0.255 e. The van der Waals surface area contributed by atoms with Crippen LogP contribution >= 0.6 is 0 Å². The molecule has 0 atom stereocenters.